The number of pyridine rings is 1. The van der Waals surface area contributed by atoms with Gasteiger partial charge in [0.15, 0.2) is 0 Å². The zero-order chi connectivity index (χ0) is 20.2. The van der Waals surface area contributed by atoms with E-state index in [1.165, 1.54) is 6.33 Å². The first kappa shape index (κ1) is 18.7. The maximum absolute atomic E-state index is 12.6. The first-order valence-electron chi connectivity index (χ1n) is 9.54. The van der Waals surface area contributed by atoms with Gasteiger partial charge in [-0.15, -0.1) is 0 Å². The lowest BCUT2D eigenvalue weighted by atomic mass is 10.1. The fraction of sp³-hybridized carbons (Fsp3) is 0.227. The molecule has 1 amide bonds. The van der Waals surface area contributed by atoms with Crippen molar-refractivity contribution in [2.45, 2.75) is 33.2 Å². The van der Waals surface area contributed by atoms with Crippen molar-refractivity contribution in [3.05, 3.63) is 89.1 Å². The molecule has 3 aromatic heterocycles. The predicted octanol–water partition coefficient (Wildman–Crippen LogP) is 2.65. The van der Waals surface area contributed by atoms with Gasteiger partial charge >= 0.3 is 0 Å². The van der Waals surface area contributed by atoms with Crippen molar-refractivity contribution in [2.24, 2.45) is 4.99 Å². The summed E-state index contributed by atoms with van der Waals surface area (Å²) in [4.78, 5) is 25.5. The van der Waals surface area contributed by atoms with Crippen molar-refractivity contribution >= 4 is 11.7 Å². The van der Waals surface area contributed by atoms with Gasteiger partial charge in [0.05, 0.1) is 0 Å². The third-order valence-corrected chi connectivity index (χ3v) is 4.93. The Balaban J connectivity index is 1.54. The van der Waals surface area contributed by atoms with Gasteiger partial charge in [0.2, 0.25) is 5.91 Å². The largest absolute Gasteiger partial charge is 0.329 e. The first-order chi connectivity index (χ1) is 14.1. The second-order valence-corrected chi connectivity index (χ2v) is 6.91. The predicted molar refractivity (Wildman–Crippen MR) is 109 cm³/mol. The van der Waals surface area contributed by atoms with Crippen LogP contribution in [0.5, 0.6) is 0 Å². The van der Waals surface area contributed by atoms with Gasteiger partial charge in [0.25, 0.3) is 5.78 Å². The van der Waals surface area contributed by atoms with Crippen LogP contribution in [0.2, 0.25) is 0 Å². The minimum atomic E-state index is -0.157. The Bertz CT molecular complexity index is 1220. The van der Waals surface area contributed by atoms with Crippen LogP contribution in [-0.2, 0) is 17.8 Å². The molecule has 0 unspecified atom stereocenters. The lowest BCUT2D eigenvalue weighted by Gasteiger charge is -2.09. The van der Waals surface area contributed by atoms with Gasteiger partial charge in [0.1, 0.15) is 11.8 Å². The van der Waals surface area contributed by atoms with Crippen molar-refractivity contribution in [3.63, 3.8) is 0 Å². The minimum Gasteiger partial charge on any atom is -0.329 e. The fourth-order valence-corrected chi connectivity index (χ4v) is 3.42. The Morgan fingerprint density at radius 1 is 1.07 bits per heavy atom. The quantitative estimate of drug-likeness (QED) is 0.528. The zero-order valence-electron chi connectivity index (χ0n) is 16.5. The molecule has 7 heteroatoms. The molecule has 29 heavy (non-hydrogen) atoms. The van der Waals surface area contributed by atoms with Crippen molar-refractivity contribution in [1.82, 2.24) is 24.1 Å². The molecule has 4 rings (SSSR count). The molecule has 1 aromatic carbocycles. The second-order valence-electron chi connectivity index (χ2n) is 6.91. The topological polar surface area (TPSA) is 77.4 Å². The van der Waals surface area contributed by atoms with Crippen molar-refractivity contribution < 1.29 is 4.79 Å². The third-order valence-electron chi connectivity index (χ3n) is 4.93. The van der Waals surface area contributed by atoms with Crippen LogP contribution in [0, 0.1) is 13.8 Å². The van der Waals surface area contributed by atoms with Gasteiger partial charge in [-0.1, -0.05) is 36.4 Å². The standard InChI is InChI=1S/C22H22N6O/c1-16-19(17(2)28-22(25-16)23-15-24-28)11-12-21(29)26-20-10-6-7-13-27(20)14-18-8-4-3-5-9-18/h3-10,13,15H,11-12,14H2,1-2H3. The Morgan fingerprint density at radius 2 is 1.86 bits per heavy atom. The molecule has 0 radical (unpaired) electrons. The number of rotatable bonds is 5. The van der Waals surface area contributed by atoms with Crippen LogP contribution >= 0.6 is 0 Å². The molecule has 146 valence electrons. The highest BCUT2D eigenvalue weighted by atomic mass is 16.1. The molecule has 0 N–H and O–H groups in total. The van der Waals surface area contributed by atoms with Gasteiger partial charge in [-0.05, 0) is 43.5 Å². The van der Waals surface area contributed by atoms with E-state index in [0.29, 0.717) is 30.7 Å². The van der Waals surface area contributed by atoms with E-state index in [-0.39, 0.29) is 5.91 Å². The molecule has 0 fully saturated rings. The van der Waals surface area contributed by atoms with E-state index in [1.54, 1.807) is 4.52 Å². The van der Waals surface area contributed by atoms with Gasteiger partial charge in [-0.25, -0.2) is 9.50 Å². The normalized spacial score (nSPS) is 11.9. The number of aromatic nitrogens is 5. The molecule has 0 aliphatic rings. The fourth-order valence-electron chi connectivity index (χ4n) is 3.42. The average Bonchev–Trinajstić information content (AvgIpc) is 3.19. The molecule has 0 bridgehead atoms. The van der Waals surface area contributed by atoms with Crippen LogP contribution in [-0.4, -0.2) is 30.1 Å². The SMILES string of the molecule is Cc1nc2ncnn2c(C)c1CCC(=O)N=c1ccccn1Cc1ccccc1. The summed E-state index contributed by atoms with van der Waals surface area (Å²) in [5.41, 5.74) is 4.65. The van der Waals surface area contributed by atoms with E-state index in [0.717, 1.165) is 22.5 Å². The Kier molecular flexibility index (Phi) is 5.29. The van der Waals surface area contributed by atoms with E-state index >= 15 is 0 Å². The number of benzene rings is 1. The number of fused-ring (bicyclic) bond motifs is 1. The lowest BCUT2D eigenvalue weighted by molar-refractivity contribution is -0.118. The van der Waals surface area contributed by atoms with Gasteiger partial charge in [0, 0.05) is 30.6 Å². The number of amides is 1. The number of carbonyl (C=O) groups is 1. The number of nitrogens with zero attached hydrogens (tertiary/aromatic N) is 6. The summed E-state index contributed by atoms with van der Waals surface area (Å²) in [7, 11) is 0. The van der Waals surface area contributed by atoms with E-state index < -0.39 is 0 Å². The molecular formula is C22H22N6O. The lowest BCUT2D eigenvalue weighted by Crippen LogP contribution is -2.22. The van der Waals surface area contributed by atoms with Gasteiger partial charge < -0.3 is 4.57 Å². The highest BCUT2D eigenvalue weighted by molar-refractivity contribution is 5.77. The molecule has 0 saturated carbocycles. The van der Waals surface area contributed by atoms with E-state index in [9.17, 15) is 4.79 Å². The third kappa shape index (κ3) is 4.13. The highest BCUT2D eigenvalue weighted by Gasteiger charge is 2.12. The number of hydrogen-bond acceptors (Lipinski definition) is 4. The van der Waals surface area contributed by atoms with Crippen molar-refractivity contribution in [2.75, 3.05) is 0 Å². The second kappa shape index (κ2) is 8.18. The van der Waals surface area contributed by atoms with Gasteiger partial charge in [-0.2, -0.15) is 15.1 Å². The molecule has 4 aromatic rings. The van der Waals surface area contributed by atoms with Gasteiger partial charge in [-0.3, -0.25) is 4.79 Å². The monoisotopic (exact) mass is 386 g/mol. The molecule has 7 nitrogen and oxygen atoms in total. The Morgan fingerprint density at radius 3 is 2.69 bits per heavy atom. The minimum absolute atomic E-state index is 0.157. The molecule has 0 aliphatic carbocycles. The molecule has 0 spiro atoms. The van der Waals surface area contributed by atoms with Crippen molar-refractivity contribution in [3.8, 4) is 0 Å². The number of hydrogen-bond donors (Lipinski definition) is 0. The molecular weight excluding hydrogens is 364 g/mol. The first-order valence-corrected chi connectivity index (χ1v) is 9.54. The molecule has 0 aliphatic heterocycles. The average molecular weight is 386 g/mol. The highest BCUT2D eigenvalue weighted by Crippen LogP contribution is 2.15. The molecule has 0 atom stereocenters. The van der Waals surface area contributed by atoms with Crippen LogP contribution in [0.1, 0.15) is 28.9 Å². The summed E-state index contributed by atoms with van der Waals surface area (Å²) >= 11 is 0. The van der Waals surface area contributed by atoms with Crippen LogP contribution < -0.4 is 5.49 Å². The van der Waals surface area contributed by atoms with Crippen LogP contribution in [0.3, 0.4) is 0 Å². The summed E-state index contributed by atoms with van der Waals surface area (Å²) in [5.74, 6) is 0.418. The van der Waals surface area contributed by atoms with Crippen LogP contribution in [0.15, 0.2) is 66.0 Å². The maximum Gasteiger partial charge on any atom is 0.252 e. The molecule has 0 saturated heterocycles. The Hall–Kier alpha value is -3.61. The maximum atomic E-state index is 12.6. The number of carbonyl (C=O) groups excluding carboxylic acids is 1. The van der Waals surface area contributed by atoms with Crippen LogP contribution in [0.4, 0.5) is 0 Å². The summed E-state index contributed by atoms with van der Waals surface area (Å²) in [5, 5.41) is 4.20. The summed E-state index contributed by atoms with van der Waals surface area (Å²) in [6.45, 7) is 4.57. The Labute approximate surface area is 168 Å². The molecule has 3 heterocycles. The summed E-state index contributed by atoms with van der Waals surface area (Å²) in [6, 6.07) is 15.8. The van der Waals surface area contributed by atoms with E-state index in [1.807, 2.05) is 61.0 Å². The summed E-state index contributed by atoms with van der Waals surface area (Å²) < 4.78 is 3.68. The zero-order valence-corrected chi connectivity index (χ0v) is 16.5. The van der Waals surface area contributed by atoms with Crippen LogP contribution in [0.25, 0.3) is 5.78 Å². The number of aryl methyl sites for hydroxylation is 2. The van der Waals surface area contributed by atoms with E-state index in [2.05, 4.69) is 32.2 Å². The van der Waals surface area contributed by atoms with Crippen molar-refractivity contribution in [1.29, 1.82) is 0 Å². The summed E-state index contributed by atoms with van der Waals surface area (Å²) in [6.07, 6.45) is 4.30. The smallest absolute Gasteiger partial charge is 0.252 e. The van der Waals surface area contributed by atoms with E-state index in [4.69, 9.17) is 0 Å².